The zero-order chi connectivity index (χ0) is 15.1. The highest BCUT2D eigenvalue weighted by Gasteiger charge is 2.33. The second-order valence-electron chi connectivity index (χ2n) is 5.09. The first-order valence-electron chi connectivity index (χ1n) is 6.83. The molecule has 3 rings (SSSR count). The molecule has 108 valence electrons. The van der Waals surface area contributed by atoms with Gasteiger partial charge in [-0.05, 0) is 37.6 Å². The zero-order valence-corrected chi connectivity index (χ0v) is 13.8. The lowest BCUT2D eigenvalue weighted by molar-refractivity contribution is -0.121. The Labute approximate surface area is 134 Å². The highest BCUT2D eigenvalue weighted by molar-refractivity contribution is 8.26. The number of thioether (sulfide) groups is 1. The molecule has 0 aliphatic carbocycles. The Morgan fingerprint density at radius 3 is 2.67 bits per heavy atom. The van der Waals surface area contributed by atoms with Gasteiger partial charge in [-0.2, -0.15) is 0 Å². The van der Waals surface area contributed by atoms with E-state index in [1.165, 1.54) is 27.8 Å². The molecule has 21 heavy (non-hydrogen) atoms. The molecule has 1 saturated heterocycles. The van der Waals surface area contributed by atoms with Crippen LogP contribution >= 0.6 is 24.0 Å². The van der Waals surface area contributed by atoms with Crippen LogP contribution in [0.1, 0.15) is 18.1 Å². The van der Waals surface area contributed by atoms with Crippen LogP contribution in [0.25, 0.3) is 6.08 Å². The summed E-state index contributed by atoms with van der Waals surface area (Å²) in [7, 11) is 1.73. The number of nitrogens with zero attached hydrogens (tertiary/aromatic N) is 2. The molecular formula is C16H16N2OS2. The molecule has 0 bridgehead atoms. The lowest BCUT2D eigenvalue weighted by atomic mass is 10.0. The number of amides is 1. The smallest absolute Gasteiger partial charge is 0.268 e. The lowest BCUT2D eigenvalue weighted by Crippen LogP contribution is -2.28. The molecule has 2 aliphatic heterocycles. The number of carbonyl (C=O) groups excluding carboxylic acids is 1. The van der Waals surface area contributed by atoms with Crippen LogP contribution in [0, 0.1) is 6.92 Å². The summed E-state index contributed by atoms with van der Waals surface area (Å²) in [6.45, 7) is 4.99. The van der Waals surface area contributed by atoms with E-state index in [1.54, 1.807) is 7.05 Å². The molecule has 1 aromatic rings. The molecule has 0 saturated carbocycles. The van der Waals surface area contributed by atoms with E-state index in [0.29, 0.717) is 9.23 Å². The van der Waals surface area contributed by atoms with E-state index in [0.717, 1.165) is 17.9 Å². The van der Waals surface area contributed by atoms with Crippen molar-refractivity contribution in [3.63, 3.8) is 0 Å². The number of hydrogen-bond acceptors (Lipinski definition) is 4. The van der Waals surface area contributed by atoms with E-state index in [9.17, 15) is 4.79 Å². The van der Waals surface area contributed by atoms with Gasteiger partial charge in [0.2, 0.25) is 0 Å². The number of anilines is 1. The van der Waals surface area contributed by atoms with Crippen LogP contribution in [0.3, 0.4) is 0 Å². The molecule has 1 amide bonds. The Bertz CT molecular complexity index is 706. The van der Waals surface area contributed by atoms with Crippen LogP contribution in [0.4, 0.5) is 5.69 Å². The van der Waals surface area contributed by atoms with Crippen LogP contribution in [-0.2, 0) is 4.79 Å². The minimum Gasteiger partial charge on any atom is -0.340 e. The van der Waals surface area contributed by atoms with Gasteiger partial charge >= 0.3 is 0 Å². The summed E-state index contributed by atoms with van der Waals surface area (Å²) in [6.07, 6.45) is 4.10. The van der Waals surface area contributed by atoms with Gasteiger partial charge in [-0.15, -0.1) is 0 Å². The van der Waals surface area contributed by atoms with Crippen LogP contribution in [0.5, 0.6) is 0 Å². The normalized spacial score (nSPS) is 21.3. The fourth-order valence-corrected chi connectivity index (χ4v) is 3.81. The molecule has 0 atom stereocenters. The van der Waals surface area contributed by atoms with E-state index < -0.39 is 0 Å². The van der Waals surface area contributed by atoms with Crippen molar-refractivity contribution in [3.05, 3.63) is 46.0 Å². The van der Waals surface area contributed by atoms with E-state index >= 15 is 0 Å². The van der Waals surface area contributed by atoms with Gasteiger partial charge in [0.05, 0.1) is 5.70 Å². The maximum Gasteiger partial charge on any atom is 0.268 e. The Morgan fingerprint density at radius 2 is 2.05 bits per heavy atom. The van der Waals surface area contributed by atoms with Gasteiger partial charge in [0.15, 0.2) is 0 Å². The standard InChI is InChI=1S/C16H16N2OS2/c1-4-18-12-7-5-10(2)9-11(12)6-8-13(18)14-15(19)17(3)16(20)21-14/h5-9H,4H2,1-3H3/b14-13-. The molecule has 2 heterocycles. The predicted molar refractivity (Wildman–Crippen MR) is 93.2 cm³/mol. The van der Waals surface area contributed by atoms with Crippen molar-refractivity contribution in [2.75, 3.05) is 18.5 Å². The molecule has 0 spiro atoms. The molecular weight excluding hydrogens is 300 g/mol. The molecule has 0 aromatic heterocycles. The Hall–Kier alpha value is -1.59. The van der Waals surface area contributed by atoms with E-state index in [-0.39, 0.29) is 5.91 Å². The molecule has 0 N–H and O–H groups in total. The number of aryl methyl sites for hydroxylation is 1. The van der Waals surface area contributed by atoms with Gasteiger partial charge in [-0.3, -0.25) is 9.69 Å². The number of carbonyl (C=O) groups is 1. The number of rotatable bonds is 1. The second kappa shape index (κ2) is 5.31. The summed E-state index contributed by atoms with van der Waals surface area (Å²) in [4.78, 5) is 16.8. The number of likely N-dealkylation sites (N-methyl/N-ethyl adjacent to an activating group) is 2. The third-order valence-corrected chi connectivity index (χ3v) is 5.26. The first-order valence-corrected chi connectivity index (χ1v) is 8.05. The average Bonchev–Trinajstić information content (AvgIpc) is 2.73. The van der Waals surface area contributed by atoms with Crippen molar-refractivity contribution in [2.45, 2.75) is 13.8 Å². The highest BCUT2D eigenvalue weighted by Crippen LogP contribution is 2.39. The predicted octanol–water partition coefficient (Wildman–Crippen LogP) is 3.55. The highest BCUT2D eigenvalue weighted by atomic mass is 32.2. The van der Waals surface area contributed by atoms with Crippen LogP contribution in [-0.4, -0.2) is 28.7 Å². The minimum absolute atomic E-state index is 0.0151. The topological polar surface area (TPSA) is 23.6 Å². The van der Waals surface area contributed by atoms with Crippen molar-refractivity contribution < 1.29 is 4.79 Å². The summed E-state index contributed by atoms with van der Waals surface area (Å²) in [6, 6.07) is 6.38. The molecule has 2 aliphatic rings. The molecule has 1 aromatic carbocycles. The number of fused-ring (bicyclic) bond motifs is 1. The number of hydrogen-bond donors (Lipinski definition) is 0. The average molecular weight is 316 g/mol. The van der Waals surface area contributed by atoms with Gasteiger partial charge in [0, 0.05) is 19.3 Å². The number of thiocarbonyl (C=S) groups is 1. The van der Waals surface area contributed by atoms with Crippen molar-refractivity contribution in [3.8, 4) is 0 Å². The SMILES string of the molecule is CCN1/C(=C2\SC(=S)N(C)C2=O)C=Cc2cc(C)ccc21. The van der Waals surface area contributed by atoms with Crippen molar-refractivity contribution in [1.29, 1.82) is 0 Å². The van der Waals surface area contributed by atoms with Gasteiger partial charge in [-0.25, -0.2) is 0 Å². The van der Waals surface area contributed by atoms with Crippen molar-refractivity contribution in [1.82, 2.24) is 4.90 Å². The molecule has 0 radical (unpaired) electrons. The first kappa shape index (κ1) is 14.4. The number of allylic oxidation sites excluding steroid dienone is 1. The van der Waals surface area contributed by atoms with Crippen molar-refractivity contribution >= 4 is 46.0 Å². The van der Waals surface area contributed by atoms with Gasteiger partial charge in [0.1, 0.15) is 9.23 Å². The zero-order valence-electron chi connectivity index (χ0n) is 12.2. The minimum atomic E-state index is -0.0151. The molecule has 5 heteroatoms. The maximum absolute atomic E-state index is 12.3. The summed E-state index contributed by atoms with van der Waals surface area (Å²) in [5.41, 5.74) is 4.50. The molecule has 0 unspecified atom stereocenters. The van der Waals surface area contributed by atoms with Gasteiger partial charge in [0.25, 0.3) is 5.91 Å². The maximum atomic E-state index is 12.3. The van der Waals surface area contributed by atoms with E-state index in [4.69, 9.17) is 12.2 Å². The van der Waals surface area contributed by atoms with Crippen LogP contribution in [0.15, 0.2) is 34.9 Å². The van der Waals surface area contributed by atoms with Gasteiger partial charge in [-0.1, -0.05) is 41.7 Å². The largest absolute Gasteiger partial charge is 0.340 e. The molecule has 1 fully saturated rings. The third-order valence-electron chi connectivity index (χ3n) is 3.70. The first-order chi connectivity index (χ1) is 10.0. The summed E-state index contributed by atoms with van der Waals surface area (Å²) < 4.78 is 0.613. The lowest BCUT2D eigenvalue weighted by Gasteiger charge is -2.30. The molecule has 3 nitrogen and oxygen atoms in total. The van der Waals surface area contributed by atoms with Crippen LogP contribution in [0.2, 0.25) is 0 Å². The summed E-state index contributed by atoms with van der Waals surface area (Å²) in [5, 5.41) is 0. The monoisotopic (exact) mass is 316 g/mol. The second-order valence-corrected chi connectivity index (χ2v) is 6.73. The quantitative estimate of drug-likeness (QED) is 0.584. The van der Waals surface area contributed by atoms with Crippen LogP contribution < -0.4 is 4.90 Å². The third kappa shape index (κ3) is 2.30. The fraction of sp³-hybridized carbons (Fsp3) is 0.250. The van der Waals surface area contributed by atoms with Crippen molar-refractivity contribution in [2.24, 2.45) is 0 Å². The summed E-state index contributed by atoms with van der Waals surface area (Å²) in [5.74, 6) is -0.0151. The van der Waals surface area contributed by atoms with E-state index in [1.807, 2.05) is 6.08 Å². The van der Waals surface area contributed by atoms with E-state index in [2.05, 4.69) is 43.0 Å². The Balaban J connectivity index is 2.13. The summed E-state index contributed by atoms with van der Waals surface area (Å²) >= 11 is 6.61. The Morgan fingerprint density at radius 1 is 1.29 bits per heavy atom. The number of benzene rings is 1. The van der Waals surface area contributed by atoms with Gasteiger partial charge < -0.3 is 4.90 Å². The Kier molecular flexibility index (Phi) is 3.63. The fourth-order valence-electron chi connectivity index (χ4n) is 2.58.